The van der Waals surface area contributed by atoms with Gasteiger partial charge in [-0.05, 0) is 26.0 Å². The fraction of sp³-hybridized carbons (Fsp3) is 0.250. The fourth-order valence-corrected chi connectivity index (χ4v) is 2.55. The molecule has 1 atom stereocenters. The molecule has 140 valence electrons. The highest BCUT2D eigenvalue weighted by Crippen LogP contribution is 2.21. The molecule has 0 aliphatic rings. The van der Waals surface area contributed by atoms with E-state index in [4.69, 9.17) is 9.15 Å². The Hall–Kier alpha value is -3.35. The van der Waals surface area contributed by atoms with E-state index in [9.17, 15) is 9.59 Å². The van der Waals surface area contributed by atoms with Crippen LogP contribution in [0.2, 0.25) is 0 Å². The van der Waals surface area contributed by atoms with E-state index in [-0.39, 0.29) is 18.4 Å². The number of amides is 1. The van der Waals surface area contributed by atoms with Gasteiger partial charge in [0.25, 0.3) is 5.91 Å². The van der Waals surface area contributed by atoms with Gasteiger partial charge in [-0.15, -0.1) is 0 Å². The van der Waals surface area contributed by atoms with Crippen molar-refractivity contribution in [2.24, 2.45) is 0 Å². The minimum atomic E-state index is -0.862. The molecule has 0 radical (unpaired) electrons. The molecule has 0 bridgehead atoms. The smallest absolute Gasteiger partial charge is 0.330 e. The summed E-state index contributed by atoms with van der Waals surface area (Å²) in [5.74, 6) is -0.289. The van der Waals surface area contributed by atoms with Gasteiger partial charge in [0.15, 0.2) is 5.76 Å². The molecule has 0 saturated heterocycles. The van der Waals surface area contributed by atoms with Crippen LogP contribution in [0.3, 0.4) is 0 Å². The molecule has 7 nitrogen and oxygen atoms in total. The number of carbonyl (C=O) groups excluding carboxylic acids is 2. The summed E-state index contributed by atoms with van der Waals surface area (Å²) in [4.78, 5) is 28.9. The topological polar surface area (TPSA) is 86.4 Å². The van der Waals surface area contributed by atoms with Gasteiger partial charge in [-0.25, -0.2) is 9.78 Å². The van der Waals surface area contributed by atoms with Crippen molar-refractivity contribution in [2.45, 2.75) is 32.5 Å². The van der Waals surface area contributed by atoms with E-state index in [2.05, 4.69) is 10.3 Å². The second-order valence-corrected chi connectivity index (χ2v) is 6.30. The molecular formula is C20H21N3O4. The third-order valence-corrected chi connectivity index (χ3v) is 3.78. The zero-order chi connectivity index (χ0) is 19.2. The molecule has 0 spiro atoms. The number of furan rings is 1. The molecule has 1 aromatic carbocycles. The van der Waals surface area contributed by atoms with Crippen molar-refractivity contribution in [1.82, 2.24) is 14.9 Å². The summed E-state index contributed by atoms with van der Waals surface area (Å²) in [6.45, 7) is 3.73. The first-order valence-electron chi connectivity index (χ1n) is 8.65. The molecule has 0 saturated carbocycles. The number of rotatable bonds is 7. The fourth-order valence-electron chi connectivity index (χ4n) is 2.55. The largest absolute Gasteiger partial charge is 0.461 e. The average Bonchev–Trinajstić information content (AvgIpc) is 3.33. The van der Waals surface area contributed by atoms with Crippen molar-refractivity contribution >= 4 is 11.9 Å². The number of hydrogen-bond acceptors (Lipinski definition) is 5. The summed E-state index contributed by atoms with van der Waals surface area (Å²) in [5, 5.41) is 2.69. The van der Waals surface area contributed by atoms with Crippen LogP contribution in [0.4, 0.5) is 0 Å². The van der Waals surface area contributed by atoms with E-state index in [0.717, 1.165) is 5.56 Å². The van der Waals surface area contributed by atoms with Gasteiger partial charge in [-0.3, -0.25) is 4.79 Å². The van der Waals surface area contributed by atoms with Crippen molar-refractivity contribution in [2.75, 3.05) is 0 Å². The van der Waals surface area contributed by atoms with Crippen LogP contribution in [0.25, 0.3) is 11.3 Å². The molecule has 3 rings (SSSR count). The SMILES string of the molecule is CC(C)OC(=O)[C@H](Cn1ccnc1)NC(=O)c1ccc(-c2ccccc2)o1. The lowest BCUT2D eigenvalue weighted by atomic mass is 10.2. The van der Waals surface area contributed by atoms with Crippen molar-refractivity contribution in [3.8, 4) is 11.3 Å². The number of benzene rings is 1. The summed E-state index contributed by atoms with van der Waals surface area (Å²) in [5.41, 5.74) is 0.866. The maximum absolute atomic E-state index is 12.6. The molecule has 0 fully saturated rings. The van der Waals surface area contributed by atoms with Gasteiger partial charge in [0.05, 0.1) is 19.0 Å². The Labute approximate surface area is 157 Å². The van der Waals surface area contributed by atoms with Crippen molar-refractivity contribution in [3.05, 3.63) is 66.9 Å². The number of carbonyl (C=O) groups is 2. The highest BCUT2D eigenvalue weighted by Gasteiger charge is 2.25. The van der Waals surface area contributed by atoms with Crippen molar-refractivity contribution in [1.29, 1.82) is 0 Å². The molecule has 3 aromatic rings. The highest BCUT2D eigenvalue weighted by atomic mass is 16.5. The van der Waals surface area contributed by atoms with Crippen molar-refractivity contribution in [3.63, 3.8) is 0 Å². The number of nitrogens with one attached hydrogen (secondary N) is 1. The summed E-state index contributed by atoms with van der Waals surface area (Å²) < 4.78 is 12.6. The van der Waals surface area contributed by atoms with Crippen LogP contribution in [0.15, 0.2) is 65.6 Å². The molecular weight excluding hydrogens is 346 g/mol. The van der Waals surface area contributed by atoms with Gasteiger partial charge in [0.2, 0.25) is 0 Å². The Bertz CT molecular complexity index is 885. The maximum Gasteiger partial charge on any atom is 0.330 e. The van der Waals surface area contributed by atoms with Crippen LogP contribution in [-0.2, 0) is 16.1 Å². The first-order valence-corrected chi connectivity index (χ1v) is 8.65. The minimum Gasteiger partial charge on any atom is -0.461 e. The lowest BCUT2D eigenvalue weighted by molar-refractivity contribution is -0.150. The molecule has 1 N–H and O–H groups in total. The monoisotopic (exact) mass is 367 g/mol. The Morgan fingerprint density at radius 3 is 2.63 bits per heavy atom. The van der Waals surface area contributed by atoms with Gasteiger partial charge in [-0.2, -0.15) is 0 Å². The quantitative estimate of drug-likeness (QED) is 0.649. The van der Waals surface area contributed by atoms with Gasteiger partial charge in [0, 0.05) is 18.0 Å². The normalized spacial score (nSPS) is 12.0. The molecule has 27 heavy (non-hydrogen) atoms. The predicted molar refractivity (Wildman–Crippen MR) is 98.9 cm³/mol. The van der Waals surface area contributed by atoms with Crippen LogP contribution in [-0.4, -0.2) is 33.6 Å². The molecule has 2 aromatic heterocycles. The van der Waals surface area contributed by atoms with E-state index in [0.29, 0.717) is 5.76 Å². The molecule has 0 unspecified atom stereocenters. The van der Waals surface area contributed by atoms with Crippen LogP contribution in [0, 0.1) is 0 Å². The second kappa shape index (κ2) is 8.35. The third kappa shape index (κ3) is 4.84. The van der Waals surface area contributed by atoms with Crippen LogP contribution < -0.4 is 5.32 Å². The summed E-state index contributed by atoms with van der Waals surface area (Å²) in [7, 11) is 0. The summed E-state index contributed by atoms with van der Waals surface area (Å²) in [6, 6.07) is 11.9. The van der Waals surface area contributed by atoms with Crippen LogP contribution in [0.1, 0.15) is 24.4 Å². The maximum atomic E-state index is 12.6. The van der Waals surface area contributed by atoms with Crippen LogP contribution in [0.5, 0.6) is 0 Å². The zero-order valence-electron chi connectivity index (χ0n) is 15.2. The lowest BCUT2D eigenvalue weighted by Gasteiger charge is -2.19. The molecule has 0 aliphatic heterocycles. The number of nitrogens with zero attached hydrogens (tertiary/aromatic N) is 2. The van der Waals surface area contributed by atoms with E-state index in [1.54, 1.807) is 49.3 Å². The van der Waals surface area contributed by atoms with E-state index < -0.39 is 17.9 Å². The van der Waals surface area contributed by atoms with Gasteiger partial charge < -0.3 is 19.0 Å². The van der Waals surface area contributed by atoms with E-state index >= 15 is 0 Å². The predicted octanol–water partition coefficient (Wildman–Crippen LogP) is 2.89. The second-order valence-electron chi connectivity index (χ2n) is 6.30. The first-order chi connectivity index (χ1) is 13.0. The van der Waals surface area contributed by atoms with Gasteiger partial charge in [0.1, 0.15) is 11.8 Å². The Morgan fingerprint density at radius 1 is 1.19 bits per heavy atom. The van der Waals surface area contributed by atoms with E-state index in [1.807, 2.05) is 30.3 Å². The van der Waals surface area contributed by atoms with Crippen molar-refractivity contribution < 1.29 is 18.7 Å². The average molecular weight is 367 g/mol. The Morgan fingerprint density at radius 2 is 1.96 bits per heavy atom. The summed E-state index contributed by atoms with van der Waals surface area (Å²) >= 11 is 0. The van der Waals surface area contributed by atoms with Gasteiger partial charge in [-0.1, -0.05) is 30.3 Å². The molecule has 2 heterocycles. The Kier molecular flexibility index (Phi) is 5.71. The number of ether oxygens (including phenoxy) is 1. The first kappa shape index (κ1) is 18.4. The molecule has 1 amide bonds. The molecule has 7 heteroatoms. The minimum absolute atomic E-state index is 0.127. The number of hydrogen-bond donors (Lipinski definition) is 1. The zero-order valence-corrected chi connectivity index (χ0v) is 15.2. The summed E-state index contributed by atoms with van der Waals surface area (Å²) in [6.07, 6.45) is 4.60. The number of esters is 1. The third-order valence-electron chi connectivity index (χ3n) is 3.78. The Balaban J connectivity index is 1.73. The van der Waals surface area contributed by atoms with Crippen LogP contribution >= 0.6 is 0 Å². The standard InChI is InChI=1S/C20H21N3O4/c1-14(2)26-20(25)16(12-23-11-10-21-13-23)22-19(24)18-9-8-17(27-18)15-6-4-3-5-7-15/h3-11,13-14,16H,12H2,1-2H3,(H,22,24)/t16-/m0/s1. The van der Waals surface area contributed by atoms with Gasteiger partial charge >= 0.3 is 5.97 Å². The highest BCUT2D eigenvalue weighted by molar-refractivity contribution is 5.95. The molecule has 0 aliphatic carbocycles. The number of aromatic nitrogens is 2. The number of imidazole rings is 1. The lowest BCUT2D eigenvalue weighted by Crippen LogP contribution is -2.45. The van der Waals surface area contributed by atoms with E-state index in [1.165, 1.54) is 0 Å².